The highest BCUT2D eigenvalue weighted by Crippen LogP contribution is 2.32. The Morgan fingerprint density at radius 3 is 2.61 bits per heavy atom. The van der Waals surface area contributed by atoms with Crippen molar-refractivity contribution >= 4 is 39.8 Å². The molecule has 0 aliphatic carbocycles. The first kappa shape index (κ1) is 19.5. The van der Waals surface area contributed by atoms with Crippen molar-refractivity contribution in [1.82, 2.24) is 20.3 Å². The van der Waals surface area contributed by atoms with Crippen LogP contribution < -0.4 is 20.3 Å². The second kappa shape index (κ2) is 8.75. The summed E-state index contributed by atoms with van der Waals surface area (Å²) in [7, 11) is 0. The van der Waals surface area contributed by atoms with E-state index in [-0.39, 0.29) is 0 Å². The minimum Gasteiger partial charge on any atom is -0.454 e. The fraction of sp³-hybridized carbons (Fsp3) is 0.174. The zero-order chi connectivity index (χ0) is 21.0. The number of pyridine rings is 1. The smallest absolute Gasteiger partial charge is 0.164 e. The van der Waals surface area contributed by atoms with Crippen molar-refractivity contribution in [2.24, 2.45) is 0 Å². The Morgan fingerprint density at radius 2 is 1.81 bits per heavy atom. The summed E-state index contributed by atoms with van der Waals surface area (Å²) in [5.74, 6) is 2.46. The molecular formula is C23H21ClN6O. The quantitative estimate of drug-likeness (QED) is 0.476. The molecule has 2 N–H and O–H groups in total. The summed E-state index contributed by atoms with van der Waals surface area (Å²) in [6.45, 7) is 3.91. The molecule has 2 aromatic heterocycles. The molecule has 7 nitrogen and oxygen atoms in total. The van der Waals surface area contributed by atoms with Crippen molar-refractivity contribution in [3.8, 4) is 11.5 Å². The van der Waals surface area contributed by atoms with Crippen LogP contribution in [-0.4, -0.2) is 41.1 Å². The van der Waals surface area contributed by atoms with Crippen LogP contribution in [0.3, 0.4) is 0 Å². The summed E-state index contributed by atoms with van der Waals surface area (Å²) >= 11 is 6.44. The molecule has 0 unspecified atom stereocenters. The van der Waals surface area contributed by atoms with Gasteiger partial charge in [0.25, 0.3) is 0 Å². The predicted molar refractivity (Wildman–Crippen MR) is 124 cm³/mol. The van der Waals surface area contributed by atoms with Gasteiger partial charge >= 0.3 is 0 Å². The lowest BCUT2D eigenvalue weighted by molar-refractivity contribution is 0.481. The lowest BCUT2D eigenvalue weighted by Crippen LogP contribution is -2.43. The molecule has 0 amide bonds. The first-order chi connectivity index (χ1) is 15.3. The van der Waals surface area contributed by atoms with E-state index in [0.29, 0.717) is 28.2 Å². The van der Waals surface area contributed by atoms with E-state index in [9.17, 15) is 0 Å². The van der Waals surface area contributed by atoms with Crippen LogP contribution >= 0.6 is 11.6 Å². The highest BCUT2D eigenvalue weighted by molar-refractivity contribution is 6.32. The van der Waals surface area contributed by atoms with Crippen LogP contribution in [0.2, 0.25) is 5.02 Å². The molecule has 5 rings (SSSR count). The Labute approximate surface area is 185 Å². The Bertz CT molecular complexity index is 1200. The van der Waals surface area contributed by atoms with E-state index in [0.717, 1.165) is 42.8 Å². The number of fused-ring (bicyclic) bond motifs is 1. The van der Waals surface area contributed by atoms with Gasteiger partial charge in [-0.05, 0) is 30.3 Å². The fourth-order valence-corrected chi connectivity index (χ4v) is 3.75. The van der Waals surface area contributed by atoms with E-state index in [1.54, 1.807) is 18.6 Å². The molecule has 31 heavy (non-hydrogen) atoms. The number of nitrogens with zero attached hydrogens (tertiary/aromatic N) is 4. The molecule has 4 aromatic rings. The number of anilines is 3. The van der Waals surface area contributed by atoms with Crippen LogP contribution in [0.25, 0.3) is 10.9 Å². The van der Waals surface area contributed by atoms with Crippen LogP contribution in [0.1, 0.15) is 0 Å². The minimum atomic E-state index is 0.459. The number of rotatable bonds is 5. The molecule has 0 spiro atoms. The molecule has 1 aliphatic heterocycles. The Balaban J connectivity index is 1.41. The van der Waals surface area contributed by atoms with Gasteiger partial charge in [0.15, 0.2) is 5.75 Å². The normalized spacial score (nSPS) is 13.9. The molecule has 3 heterocycles. The summed E-state index contributed by atoms with van der Waals surface area (Å²) in [4.78, 5) is 15.6. The van der Waals surface area contributed by atoms with Gasteiger partial charge in [0, 0.05) is 43.3 Å². The molecule has 1 saturated heterocycles. The number of hydrogen-bond acceptors (Lipinski definition) is 7. The molecule has 156 valence electrons. The molecular weight excluding hydrogens is 412 g/mol. The number of para-hydroxylation sites is 1. The van der Waals surface area contributed by atoms with Crippen LogP contribution in [0.4, 0.5) is 17.3 Å². The maximum absolute atomic E-state index is 6.44. The van der Waals surface area contributed by atoms with E-state index < -0.39 is 0 Å². The second-order valence-electron chi connectivity index (χ2n) is 7.20. The predicted octanol–water partition coefficient (Wildman–Crippen LogP) is 4.62. The zero-order valence-corrected chi connectivity index (χ0v) is 17.5. The zero-order valence-electron chi connectivity index (χ0n) is 16.8. The van der Waals surface area contributed by atoms with Crippen LogP contribution in [0.5, 0.6) is 11.5 Å². The van der Waals surface area contributed by atoms with Crippen molar-refractivity contribution in [1.29, 1.82) is 0 Å². The summed E-state index contributed by atoms with van der Waals surface area (Å²) in [5.41, 5.74) is 2.02. The van der Waals surface area contributed by atoms with E-state index in [1.807, 2.05) is 36.4 Å². The number of hydrogen-bond donors (Lipinski definition) is 2. The van der Waals surface area contributed by atoms with Crippen molar-refractivity contribution < 1.29 is 4.74 Å². The van der Waals surface area contributed by atoms with Crippen molar-refractivity contribution in [3.05, 3.63) is 72.1 Å². The maximum atomic E-state index is 6.44. The Morgan fingerprint density at radius 1 is 0.968 bits per heavy atom. The molecule has 0 bridgehead atoms. The summed E-state index contributed by atoms with van der Waals surface area (Å²) in [6.07, 6.45) is 3.15. The minimum absolute atomic E-state index is 0.459. The monoisotopic (exact) mass is 432 g/mol. The van der Waals surface area contributed by atoms with Crippen LogP contribution in [-0.2, 0) is 0 Å². The summed E-state index contributed by atoms with van der Waals surface area (Å²) < 4.78 is 5.81. The molecule has 1 aliphatic rings. The number of ether oxygens (including phenoxy) is 1. The van der Waals surface area contributed by atoms with Gasteiger partial charge in [0.1, 0.15) is 23.7 Å². The molecule has 0 saturated carbocycles. The van der Waals surface area contributed by atoms with Crippen molar-refractivity contribution in [2.75, 3.05) is 36.4 Å². The Hall–Kier alpha value is -3.42. The number of nitrogens with one attached hydrogen (secondary N) is 2. The van der Waals surface area contributed by atoms with Gasteiger partial charge in [-0.25, -0.2) is 15.0 Å². The first-order valence-electron chi connectivity index (χ1n) is 10.1. The largest absolute Gasteiger partial charge is 0.454 e. The average Bonchev–Trinajstić information content (AvgIpc) is 2.82. The van der Waals surface area contributed by atoms with Crippen LogP contribution in [0.15, 0.2) is 67.1 Å². The molecule has 1 fully saturated rings. The third-order valence-corrected chi connectivity index (χ3v) is 5.43. The highest BCUT2D eigenvalue weighted by Gasteiger charge is 2.13. The second-order valence-corrected chi connectivity index (χ2v) is 7.61. The summed E-state index contributed by atoms with van der Waals surface area (Å²) in [5, 5.41) is 8.05. The van der Waals surface area contributed by atoms with Gasteiger partial charge in [-0.1, -0.05) is 29.8 Å². The van der Waals surface area contributed by atoms with E-state index in [2.05, 4.69) is 42.6 Å². The standard InChI is InChI=1S/C23H21ClN6O/c24-19-13-22(26-14-21(19)31-17-4-2-1-3-5-17)29-23-18-12-16(30-10-8-25-9-11-30)6-7-20(18)27-15-28-23/h1-7,12-15,25H,8-11H2,(H,26,27,28,29). The molecule has 2 aromatic carbocycles. The third kappa shape index (κ3) is 4.38. The summed E-state index contributed by atoms with van der Waals surface area (Å²) in [6, 6.07) is 17.5. The SMILES string of the molecule is Clc1cc(Nc2ncnc3ccc(N4CCNCC4)cc23)ncc1Oc1ccccc1. The van der Waals surface area contributed by atoms with Gasteiger partial charge in [0.05, 0.1) is 16.7 Å². The van der Waals surface area contributed by atoms with E-state index in [1.165, 1.54) is 0 Å². The average molecular weight is 433 g/mol. The third-order valence-electron chi connectivity index (χ3n) is 5.14. The number of halogens is 1. The number of benzene rings is 2. The van der Waals surface area contributed by atoms with Crippen LogP contribution in [0, 0.1) is 0 Å². The van der Waals surface area contributed by atoms with Gasteiger partial charge in [0.2, 0.25) is 0 Å². The van der Waals surface area contributed by atoms with Gasteiger partial charge < -0.3 is 20.3 Å². The van der Waals surface area contributed by atoms with Crippen molar-refractivity contribution in [3.63, 3.8) is 0 Å². The molecule has 0 radical (unpaired) electrons. The van der Waals surface area contributed by atoms with Gasteiger partial charge in [-0.2, -0.15) is 0 Å². The lowest BCUT2D eigenvalue weighted by atomic mass is 10.2. The lowest BCUT2D eigenvalue weighted by Gasteiger charge is -2.29. The topological polar surface area (TPSA) is 75.2 Å². The molecule has 8 heteroatoms. The maximum Gasteiger partial charge on any atom is 0.164 e. The molecule has 0 atom stereocenters. The fourth-order valence-electron chi connectivity index (χ4n) is 3.56. The number of aromatic nitrogens is 3. The van der Waals surface area contributed by atoms with E-state index in [4.69, 9.17) is 16.3 Å². The highest BCUT2D eigenvalue weighted by atomic mass is 35.5. The number of piperazine rings is 1. The Kier molecular flexibility index (Phi) is 5.52. The van der Waals surface area contributed by atoms with Crippen molar-refractivity contribution in [2.45, 2.75) is 0 Å². The van der Waals surface area contributed by atoms with Gasteiger partial charge in [-0.15, -0.1) is 0 Å². The first-order valence-corrected chi connectivity index (χ1v) is 10.5. The van der Waals surface area contributed by atoms with Gasteiger partial charge in [-0.3, -0.25) is 0 Å². The van der Waals surface area contributed by atoms with E-state index >= 15 is 0 Å².